The topological polar surface area (TPSA) is 58.6 Å². The molecule has 0 aliphatic carbocycles. The van der Waals surface area contributed by atoms with Crippen molar-refractivity contribution in [1.29, 1.82) is 0 Å². The van der Waals surface area contributed by atoms with E-state index >= 15 is 0 Å². The van der Waals surface area contributed by atoms with Gasteiger partial charge in [-0.05, 0) is 54.0 Å². The molecule has 2 rings (SSSR count). The van der Waals surface area contributed by atoms with E-state index in [2.05, 4.69) is 26.1 Å². The van der Waals surface area contributed by atoms with Crippen molar-refractivity contribution in [2.75, 3.05) is 13.2 Å². The Kier molecular flexibility index (Phi) is 8.88. The van der Waals surface area contributed by atoms with E-state index < -0.39 is 6.04 Å². The molecule has 0 saturated heterocycles. The Balaban J connectivity index is 2.13. The average Bonchev–Trinajstić information content (AvgIpc) is 2.74. The minimum Gasteiger partial charge on any atom is -0.484 e. The first-order chi connectivity index (χ1) is 15.0. The van der Waals surface area contributed by atoms with Gasteiger partial charge in [0.2, 0.25) is 5.91 Å². The predicted molar refractivity (Wildman–Crippen MR) is 130 cm³/mol. The molecule has 1 unspecified atom stereocenters. The van der Waals surface area contributed by atoms with Crippen molar-refractivity contribution in [2.45, 2.75) is 66.5 Å². The zero-order chi connectivity index (χ0) is 23.9. The van der Waals surface area contributed by atoms with Gasteiger partial charge in [0.1, 0.15) is 11.8 Å². The summed E-state index contributed by atoms with van der Waals surface area (Å²) in [5, 5.41) is 2.94. The monoisotopic (exact) mass is 438 g/mol. The summed E-state index contributed by atoms with van der Waals surface area (Å²) in [4.78, 5) is 27.5. The van der Waals surface area contributed by atoms with E-state index in [1.807, 2.05) is 69.3 Å². The summed E-state index contributed by atoms with van der Waals surface area (Å²) < 4.78 is 5.79. The Morgan fingerprint density at radius 2 is 1.62 bits per heavy atom. The number of amides is 2. The first kappa shape index (κ1) is 25.4. The van der Waals surface area contributed by atoms with E-state index in [9.17, 15) is 9.59 Å². The van der Waals surface area contributed by atoms with Crippen molar-refractivity contribution >= 4 is 11.8 Å². The van der Waals surface area contributed by atoms with Gasteiger partial charge in [0.05, 0.1) is 0 Å². The van der Waals surface area contributed by atoms with Crippen molar-refractivity contribution in [3.63, 3.8) is 0 Å². The van der Waals surface area contributed by atoms with Crippen molar-refractivity contribution < 1.29 is 14.3 Å². The lowest BCUT2D eigenvalue weighted by Crippen LogP contribution is -2.49. The Bertz CT molecular complexity index is 898. The highest BCUT2D eigenvalue weighted by Crippen LogP contribution is 2.24. The summed E-state index contributed by atoms with van der Waals surface area (Å²) in [5.74, 6) is 0.598. The quantitative estimate of drug-likeness (QED) is 0.608. The smallest absolute Gasteiger partial charge is 0.261 e. The maximum Gasteiger partial charge on any atom is 0.261 e. The average molecular weight is 439 g/mol. The molecule has 5 nitrogen and oxygen atoms in total. The second kappa shape index (κ2) is 11.2. The number of hydrogen-bond acceptors (Lipinski definition) is 3. The molecular formula is C27H38N2O3. The number of benzene rings is 2. The fraction of sp³-hybridized carbons (Fsp3) is 0.481. The number of carbonyl (C=O) groups is 2. The van der Waals surface area contributed by atoms with Gasteiger partial charge in [0, 0.05) is 13.1 Å². The number of rotatable bonds is 9. The van der Waals surface area contributed by atoms with Crippen LogP contribution in [-0.2, 0) is 21.5 Å². The van der Waals surface area contributed by atoms with Gasteiger partial charge in [0.25, 0.3) is 5.91 Å². The molecule has 0 aromatic heterocycles. The van der Waals surface area contributed by atoms with Crippen LogP contribution in [0.25, 0.3) is 0 Å². The minimum absolute atomic E-state index is 0.0530. The van der Waals surface area contributed by atoms with E-state index in [1.54, 1.807) is 11.8 Å². The van der Waals surface area contributed by atoms with Crippen LogP contribution >= 0.6 is 0 Å². The highest BCUT2D eigenvalue weighted by molar-refractivity contribution is 5.88. The van der Waals surface area contributed by atoms with Gasteiger partial charge in [-0.2, -0.15) is 0 Å². The zero-order valence-corrected chi connectivity index (χ0v) is 20.6. The maximum absolute atomic E-state index is 13.2. The van der Waals surface area contributed by atoms with E-state index in [1.165, 1.54) is 5.56 Å². The second-order valence-electron chi connectivity index (χ2n) is 9.83. The fourth-order valence-electron chi connectivity index (χ4n) is 3.29. The van der Waals surface area contributed by atoms with Crippen LogP contribution in [-0.4, -0.2) is 35.9 Å². The van der Waals surface area contributed by atoms with Gasteiger partial charge in [-0.1, -0.05) is 71.0 Å². The van der Waals surface area contributed by atoms with Crippen LogP contribution in [0.3, 0.4) is 0 Å². The normalized spacial score (nSPS) is 12.4. The largest absolute Gasteiger partial charge is 0.484 e. The van der Waals surface area contributed by atoms with Gasteiger partial charge in [-0.15, -0.1) is 0 Å². The number of nitrogens with one attached hydrogen (secondary N) is 1. The molecule has 1 atom stereocenters. The molecule has 0 radical (unpaired) electrons. The first-order valence-corrected chi connectivity index (χ1v) is 11.3. The SMILES string of the molecule is Cc1ccccc1CN(C(=O)COc1ccc(C(C)(C)C)cc1)C(C)C(=O)NCC(C)C. The fourth-order valence-corrected chi connectivity index (χ4v) is 3.29. The molecule has 32 heavy (non-hydrogen) atoms. The third-order valence-electron chi connectivity index (χ3n) is 5.54. The summed E-state index contributed by atoms with van der Waals surface area (Å²) in [6.07, 6.45) is 0. The first-order valence-electron chi connectivity index (χ1n) is 11.3. The number of nitrogens with zero attached hydrogens (tertiary/aromatic N) is 1. The van der Waals surface area contributed by atoms with E-state index in [-0.39, 0.29) is 23.8 Å². The van der Waals surface area contributed by atoms with Gasteiger partial charge in [-0.25, -0.2) is 0 Å². The van der Waals surface area contributed by atoms with Crippen molar-refractivity contribution in [3.05, 3.63) is 65.2 Å². The number of carbonyl (C=O) groups excluding carboxylic acids is 2. The summed E-state index contributed by atoms with van der Waals surface area (Å²) >= 11 is 0. The maximum atomic E-state index is 13.2. The molecule has 2 aromatic rings. The van der Waals surface area contributed by atoms with E-state index in [0.29, 0.717) is 24.8 Å². The predicted octanol–water partition coefficient (Wildman–Crippen LogP) is 4.86. The Hall–Kier alpha value is -2.82. The van der Waals surface area contributed by atoms with E-state index in [0.717, 1.165) is 11.1 Å². The summed E-state index contributed by atoms with van der Waals surface area (Å²) in [5.41, 5.74) is 3.35. The van der Waals surface area contributed by atoms with Crippen molar-refractivity contribution in [2.24, 2.45) is 5.92 Å². The summed E-state index contributed by atoms with van der Waals surface area (Å²) in [6.45, 7) is 15.1. The highest BCUT2D eigenvalue weighted by atomic mass is 16.5. The molecule has 5 heteroatoms. The molecule has 0 aliphatic heterocycles. The molecular weight excluding hydrogens is 400 g/mol. The number of ether oxygens (including phenoxy) is 1. The Morgan fingerprint density at radius 3 is 2.19 bits per heavy atom. The minimum atomic E-state index is -0.604. The Labute approximate surface area is 193 Å². The van der Waals surface area contributed by atoms with Crippen molar-refractivity contribution in [1.82, 2.24) is 10.2 Å². The van der Waals surface area contributed by atoms with Crippen LogP contribution in [0.1, 0.15) is 58.2 Å². The van der Waals surface area contributed by atoms with Crippen LogP contribution in [0, 0.1) is 12.8 Å². The summed E-state index contributed by atoms with van der Waals surface area (Å²) in [6, 6.07) is 15.1. The third-order valence-corrected chi connectivity index (χ3v) is 5.54. The molecule has 0 spiro atoms. The molecule has 0 heterocycles. The molecule has 174 valence electrons. The van der Waals surface area contributed by atoms with Gasteiger partial charge < -0.3 is 15.0 Å². The lowest BCUT2D eigenvalue weighted by molar-refractivity contribution is -0.142. The Morgan fingerprint density at radius 1 is 1.00 bits per heavy atom. The molecule has 0 saturated carbocycles. The second-order valence-corrected chi connectivity index (χ2v) is 9.83. The summed E-state index contributed by atoms with van der Waals surface area (Å²) in [7, 11) is 0. The van der Waals surface area contributed by atoms with E-state index in [4.69, 9.17) is 4.74 Å². The van der Waals surface area contributed by atoms with Crippen LogP contribution in [0.2, 0.25) is 0 Å². The zero-order valence-electron chi connectivity index (χ0n) is 20.6. The highest BCUT2D eigenvalue weighted by Gasteiger charge is 2.27. The van der Waals surface area contributed by atoms with Gasteiger partial charge in [-0.3, -0.25) is 9.59 Å². The van der Waals surface area contributed by atoms with Crippen LogP contribution in [0.4, 0.5) is 0 Å². The lowest BCUT2D eigenvalue weighted by atomic mass is 9.87. The van der Waals surface area contributed by atoms with Crippen LogP contribution in [0.5, 0.6) is 5.75 Å². The molecule has 0 bridgehead atoms. The van der Waals surface area contributed by atoms with Gasteiger partial charge >= 0.3 is 0 Å². The van der Waals surface area contributed by atoms with Gasteiger partial charge in [0.15, 0.2) is 6.61 Å². The van der Waals surface area contributed by atoms with Crippen LogP contribution in [0.15, 0.2) is 48.5 Å². The standard InChI is InChI=1S/C27H38N2O3/c1-19(2)16-28-26(31)21(4)29(17-22-11-9-8-10-20(22)3)25(30)18-32-24-14-12-23(13-15-24)27(5,6)7/h8-15,19,21H,16-18H2,1-7H3,(H,28,31). The molecule has 0 fully saturated rings. The molecule has 1 N–H and O–H groups in total. The number of aryl methyl sites for hydroxylation is 1. The molecule has 2 aromatic carbocycles. The molecule has 2 amide bonds. The van der Waals surface area contributed by atoms with Crippen LogP contribution < -0.4 is 10.1 Å². The number of hydrogen-bond donors (Lipinski definition) is 1. The molecule has 0 aliphatic rings. The third kappa shape index (κ3) is 7.40. The lowest BCUT2D eigenvalue weighted by Gasteiger charge is -2.29. The van der Waals surface area contributed by atoms with Crippen molar-refractivity contribution in [3.8, 4) is 5.75 Å².